The van der Waals surface area contributed by atoms with E-state index in [4.69, 9.17) is 5.73 Å². The lowest BCUT2D eigenvalue weighted by atomic mass is 9.84. The Kier molecular flexibility index (Phi) is 5.25. The Morgan fingerprint density at radius 1 is 1.31 bits per heavy atom. The predicted molar refractivity (Wildman–Crippen MR) is 61.6 cm³/mol. The van der Waals surface area contributed by atoms with Crippen LogP contribution in [0.2, 0.25) is 0 Å². The van der Waals surface area contributed by atoms with E-state index in [-0.39, 0.29) is 24.4 Å². The van der Waals surface area contributed by atoms with Gasteiger partial charge in [-0.1, -0.05) is 6.42 Å². The molecule has 0 saturated heterocycles. The van der Waals surface area contributed by atoms with E-state index < -0.39 is 0 Å². The smallest absolute Gasteiger partial charge is 0.239 e. The maximum atomic E-state index is 11.5. The quantitative estimate of drug-likeness (QED) is 0.619. The Bertz CT molecular complexity index is 256. The zero-order valence-corrected chi connectivity index (χ0v) is 9.79. The molecule has 2 unspecified atom stereocenters. The first-order valence-corrected chi connectivity index (χ1v) is 5.84. The van der Waals surface area contributed by atoms with Crippen molar-refractivity contribution >= 4 is 11.8 Å². The molecular weight excluding hydrogens is 206 g/mol. The Balaban J connectivity index is 2.20. The van der Waals surface area contributed by atoms with Crippen LogP contribution in [-0.2, 0) is 9.59 Å². The van der Waals surface area contributed by atoms with Gasteiger partial charge >= 0.3 is 0 Å². The number of likely N-dealkylation sites (N-methyl/N-ethyl adjacent to an activating group) is 1. The van der Waals surface area contributed by atoms with Crippen molar-refractivity contribution in [2.24, 2.45) is 11.7 Å². The third-order valence-corrected chi connectivity index (χ3v) is 3.02. The summed E-state index contributed by atoms with van der Waals surface area (Å²) in [5, 5.41) is 5.06. The number of carbonyl (C=O) groups excluding carboxylic acids is 2. The van der Waals surface area contributed by atoms with Gasteiger partial charge in [0.1, 0.15) is 0 Å². The molecule has 2 atom stereocenters. The monoisotopic (exact) mass is 227 g/mol. The zero-order chi connectivity index (χ0) is 12.0. The van der Waals surface area contributed by atoms with Crippen molar-refractivity contribution in [3.8, 4) is 0 Å². The van der Waals surface area contributed by atoms with Crippen molar-refractivity contribution < 1.29 is 9.59 Å². The highest BCUT2D eigenvalue weighted by Crippen LogP contribution is 2.25. The summed E-state index contributed by atoms with van der Waals surface area (Å²) >= 11 is 0. The number of nitrogens with one attached hydrogen (secondary N) is 2. The largest absolute Gasteiger partial charge is 0.358 e. The molecule has 0 aliphatic heterocycles. The molecule has 0 heterocycles. The highest BCUT2D eigenvalue weighted by atomic mass is 16.2. The number of hydrogen-bond acceptors (Lipinski definition) is 3. The van der Waals surface area contributed by atoms with Gasteiger partial charge in [-0.15, -0.1) is 0 Å². The third kappa shape index (κ3) is 4.61. The lowest BCUT2D eigenvalue weighted by molar-refractivity contribution is -0.126. The third-order valence-electron chi connectivity index (χ3n) is 3.02. The van der Waals surface area contributed by atoms with E-state index in [9.17, 15) is 9.59 Å². The molecule has 1 rings (SSSR count). The number of amides is 2. The van der Waals surface area contributed by atoms with E-state index in [2.05, 4.69) is 10.6 Å². The Labute approximate surface area is 96.1 Å². The molecule has 5 nitrogen and oxygen atoms in total. The molecule has 0 aromatic carbocycles. The van der Waals surface area contributed by atoms with Crippen molar-refractivity contribution in [2.75, 3.05) is 13.6 Å². The van der Waals surface area contributed by atoms with Crippen LogP contribution in [0.5, 0.6) is 0 Å². The van der Waals surface area contributed by atoms with Crippen LogP contribution >= 0.6 is 0 Å². The molecule has 1 fully saturated rings. The van der Waals surface area contributed by atoms with Crippen LogP contribution in [0, 0.1) is 5.92 Å². The molecule has 2 amide bonds. The lowest BCUT2D eigenvalue weighted by Gasteiger charge is -2.25. The maximum Gasteiger partial charge on any atom is 0.239 e. The van der Waals surface area contributed by atoms with Crippen molar-refractivity contribution in [1.82, 2.24) is 10.6 Å². The average molecular weight is 227 g/mol. The fourth-order valence-electron chi connectivity index (χ4n) is 2.12. The molecule has 0 bridgehead atoms. The van der Waals surface area contributed by atoms with Crippen LogP contribution in [0.4, 0.5) is 0 Å². The summed E-state index contributed by atoms with van der Waals surface area (Å²) in [7, 11) is 1.55. The minimum Gasteiger partial charge on any atom is -0.358 e. The molecule has 1 aliphatic carbocycles. The Morgan fingerprint density at radius 2 is 2.06 bits per heavy atom. The van der Waals surface area contributed by atoms with Gasteiger partial charge in [0.05, 0.1) is 6.54 Å². The molecule has 16 heavy (non-hydrogen) atoms. The molecule has 0 aromatic heterocycles. The van der Waals surface area contributed by atoms with E-state index in [1.165, 1.54) is 0 Å². The van der Waals surface area contributed by atoms with Crippen LogP contribution < -0.4 is 16.4 Å². The topological polar surface area (TPSA) is 84.2 Å². The molecule has 0 aromatic rings. The molecule has 0 spiro atoms. The minimum absolute atomic E-state index is 0.0531. The number of carbonyl (C=O) groups is 2. The highest BCUT2D eigenvalue weighted by molar-refractivity contribution is 5.84. The van der Waals surface area contributed by atoms with E-state index in [1.807, 2.05) is 0 Å². The van der Waals surface area contributed by atoms with Gasteiger partial charge in [0.25, 0.3) is 0 Å². The van der Waals surface area contributed by atoms with E-state index in [1.54, 1.807) is 7.05 Å². The predicted octanol–water partition coefficient (Wildman–Crippen LogP) is -0.244. The molecule has 92 valence electrons. The molecule has 4 N–H and O–H groups in total. The van der Waals surface area contributed by atoms with Crippen LogP contribution in [0.1, 0.15) is 32.1 Å². The second-order valence-corrected chi connectivity index (χ2v) is 4.45. The van der Waals surface area contributed by atoms with E-state index in [0.29, 0.717) is 12.3 Å². The summed E-state index contributed by atoms with van der Waals surface area (Å²) in [6, 6.07) is 0.241. The van der Waals surface area contributed by atoms with Gasteiger partial charge in [-0.3, -0.25) is 9.59 Å². The summed E-state index contributed by atoms with van der Waals surface area (Å²) in [5.74, 6) is 0.157. The molecule has 1 aliphatic rings. The first kappa shape index (κ1) is 13.0. The second-order valence-electron chi connectivity index (χ2n) is 4.45. The summed E-state index contributed by atoms with van der Waals surface area (Å²) in [4.78, 5) is 22.4. The average Bonchev–Trinajstić information content (AvgIpc) is 2.26. The fraction of sp³-hybridized carbons (Fsp3) is 0.818. The first-order valence-electron chi connectivity index (χ1n) is 5.84. The van der Waals surface area contributed by atoms with Gasteiger partial charge < -0.3 is 16.4 Å². The lowest BCUT2D eigenvalue weighted by Crippen LogP contribution is -2.37. The van der Waals surface area contributed by atoms with Gasteiger partial charge in [-0.2, -0.15) is 0 Å². The number of rotatable bonds is 4. The van der Waals surface area contributed by atoms with Gasteiger partial charge in [-0.05, 0) is 25.2 Å². The van der Waals surface area contributed by atoms with Gasteiger partial charge in [0, 0.05) is 19.5 Å². The van der Waals surface area contributed by atoms with Crippen LogP contribution in [-0.4, -0.2) is 31.4 Å². The molecule has 1 saturated carbocycles. The maximum absolute atomic E-state index is 11.5. The summed E-state index contributed by atoms with van der Waals surface area (Å²) in [6.07, 6.45) is 4.66. The fourth-order valence-corrected chi connectivity index (χ4v) is 2.12. The SMILES string of the molecule is CNC(=O)CNC(=O)CC1CCCC(N)C1. The van der Waals surface area contributed by atoms with Gasteiger partial charge in [0.15, 0.2) is 0 Å². The van der Waals surface area contributed by atoms with Crippen molar-refractivity contribution in [2.45, 2.75) is 38.1 Å². The summed E-state index contributed by atoms with van der Waals surface area (Å²) in [5.41, 5.74) is 5.85. The molecular formula is C11H21N3O2. The van der Waals surface area contributed by atoms with Crippen molar-refractivity contribution in [1.29, 1.82) is 0 Å². The summed E-state index contributed by atoms with van der Waals surface area (Å²) in [6.45, 7) is 0.0636. The summed E-state index contributed by atoms with van der Waals surface area (Å²) < 4.78 is 0. The van der Waals surface area contributed by atoms with Crippen molar-refractivity contribution in [3.63, 3.8) is 0 Å². The highest BCUT2D eigenvalue weighted by Gasteiger charge is 2.21. The normalized spacial score (nSPS) is 24.9. The van der Waals surface area contributed by atoms with Crippen LogP contribution in [0.15, 0.2) is 0 Å². The van der Waals surface area contributed by atoms with E-state index >= 15 is 0 Å². The Morgan fingerprint density at radius 3 is 2.69 bits per heavy atom. The van der Waals surface area contributed by atoms with Crippen molar-refractivity contribution in [3.05, 3.63) is 0 Å². The second kappa shape index (κ2) is 6.48. The van der Waals surface area contributed by atoms with E-state index in [0.717, 1.165) is 25.7 Å². The molecule has 0 radical (unpaired) electrons. The van der Waals surface area contributed by atoms with Crippen LogP contribution in [0.25, 0.3) is 0 Å². The number of nitrogens with two attached hydrogens (primary N) is 1. The zero-order valence-electron chi connectivity index (χ0n) is 9.79. The van der Waals surface area contributed by atoms with Crippen LogP contribution in [0.3, 0.4) is 0 Å². The number of hydrogen-bond donors (Lipinski definition) is 3. The van der Waals surface area contributed by atoms with Gasteiger partial charge in [-0.25, -0.2) is 0 Å². The first-order chi connectivity index (χ1) is 7.61. The molecule has 5 heteroatoms. The Hall–Kier alpha value is -1.10. The standard InChI is InChI=1S/C11H21N3O2/c1-13-11(16)7-14-10(15)6-8-3-2-4-9(12)5-8/h8-9H,2-7,12H2,1H3,(H,13,16)(H,14,15). The minimum atomic E-state index is -0.173. The van der Waals surface area contributed by atoms with Gasteiger partial charge in [0.2, 0.25) is 11.8 Å².